The summed E-state index contributed by atoms with van der Waals surface area (Å²) < 4.78 is 5.28. The molecule has 0 amide bonds. The van der Waals surface area contributed by atoms with Crippen molar-refractivity contribution < 1.29 is 4.52 Å². The molecule has 6 nitrogen and oxygen atoms in total. The fraction of sp³-hybridized carbons (Fsp3) is 0.286. The lowest BCUT2D eigenvalue weighted by Crippen LogP contribution is -2.22. The molecular formula is C14H15N5O. The van der Waals surface area contributed by atoms with E-state index < -0.39 is 0 Å². The van der Waals surface area contributed by atoms with Crippen molar-refractivity contribution in [2.24, 2.45) is 0 Å². The third-order valence-corrected chi connectivity index (χ3v) is 2.85. The summed E-state index contributed by atoms with van der Waals surface area (Å²) in [7, 11) is 0. The second-order valence-corrected chi connectivity index (χ2v) is 4.81. The Labute approximate surface area is 116 Å². The van der Waals surface area contributed by atoms with Crippen molar-refractivity contribution >= 4 is 11.0 Å². The minimum atomic E-state index is 0.382. The Bertz CT molecular complexity index is 722. The maximum atomic E-state index is 5.28. The second kappa shape index (κ2) is 5.34. The molecule has 1 N–H and O–H groups in total. The van der Waals surface area contributed by atoms with Crippen molar-refractivity contribution in [1.82, 2.24) is 25.4 Å². The van der Waals surface area contributed by atoms with E-state index >= 15 is 0 Å². The summed E-state index contributed by atoms with van der Waals surface area (Å²) in [5.74, 6) is 1.14. The third kappa shape index (κ3) is 2.65. The van der Waals surface area contributed by atoms with E-state index in [1.807, 2.05) is 18.2 Å². The van der Waals surface area contributed by atoms with Crippen molar-refractivity contribution in [2.75, 3.05) is 0 Å². The molecule has 0 radical (unpaired) electrons. The Kier molecular flexibility index (Phi) is 3.39. The molecule has 0 bridgehead atoms. The molecule has 0 aliphatic rings. The number of fused-ring (bicyclic) bond motifs is 1. The van der Waals surface area contributed by atoms with Crippen LogP contribution in [0.2, 0.25) is 0 Å². The zero-order valence-electron chi connectivity index (χ0n) is 11.4. The predicted octanol–water partition coefficient (Wildman–Crippen LogP) is 2.18. The van der Waals surface area contributed by atoms with Crippen LogP contribution in [0.4, 0.5) is 0 Å². The average molecular weight is 269 g/mol. The molecule has 0 aliphatic heterocycles. The Morgan fingerprint density at radius 3 is 2.75 bits per heavy atom. The summed E-state index contributed by atoms with van der Waals surface area (Å²) in [5.41, 5.74) is 2.50. The molecular weight excluding hydrogens is 254 g/mol. The lowest BCUT2D eigenvalue weighted by Gasteiger charge is -2.03. The van der Waals surface area contributed by atoms with Crippen LogP contribution in [0.25, 0.3) is 22.5 Å². The summed E-state index contributed by atoms with van der Waals surface area (Å²) in [6.07, 6.45) is 3.34. The molecule has 3 rings (SSSR count). The van der Waals surface area contributed by atoms with Crippen LogP contribution in [0, 0.1) is 0 Å². The minimum absolute atomic E-state index is 0.382. The highest BCUT2D eigenvalue weighted by molar-refractivity contribution is 5.79. The smallest absolute Gasteiger partial charge is 0.258 e. The molecule has 0 spiro atoms. The second-order valence-electron chi connectivity index (χ2n) is 4.81. The quantitative estimate of drug-likeness (QED) is 0.782. The van der Waals surface area contributed by atoms with Crippen LogP contribution >= 0.6 is 0 Å². The number of hydrogen-bond donors (Lipinski definition) is 1. The first-order valence-electron chi connectivity index (χ1n) is 6.49. The SMILES string of the molecule is CC(C)NCc1noc(-c2ccc3nccnc3c2)n1. The van der Waals surface area contributed by atoms with Gasteiger partial charge in [0.25, 0.3) is 5.89 Å². The average Bonchev–Trinajstić information content (AvgIpc) is 2.93. The van der Waals surface area contributed by atoms with Gasteiger partial charge in [0.15, 0.2) is 5.82 Å². The van der Waals surface area contributed by atoms with E-state index in [0.29, 0.717) is 24.3 Å². The van der Waals surface area contributed by atoms with E-state index in [-0.39, 0.29) is 0 Å². The van der Waals surface area contributed by atoms with E-state index in [2.05, 4.69) is 39.3 Å². The first kappa shape index (κ1) is 12.7. The van der Waals surface area contributed by atoms with Gasteiger partial charge in [-0.2, -0.15) is 4.98 Å². The van der Waals surface area contributed by atoms with Gasteiger partial charge in [0.05, 0.1) is 17.6 Å². The van der Waals surface area contributed by atoms with Crippen LogP contribution < -0.4 is 5.32 Å². The van der Waals surface area contributed by atoms with Gasteiger partial charge in [-0.25, -0.2) is 0 Å². The fourth-order valence-electron chi connectivity index (χ4n) is 1.83. The highest BCUT2D eigenvalue weighted by atomic mass is 16.5. The first-order valence-corrected chi connectivity index (χ1v) is 6.49. The first-order chi connectivity index (χ1) is 9.72. The Morgan fingerprint density at radius 1 is 1.15 bits per heavy atom. The molecule has 0 aliphatic carbocycles. The van der Waals surface area contributed by atoms with Crippen molar-refractivity contribution in [3.8, 4) is 11.5 Å². The van der Waals surface area contributed by atoms with Gasteiger partial charge in [0.2, 0.25) is 0 Å². The van der Waals surface area contributed by atoms with Gasteiger partial charge in [0, 0.05) is 24.0 Å². The predicted molar refractivity (Wildman–Crippen MR) is 74.8 cm³/mol. The standard InChI is InChI=1S/C14H15N5O/c1-9(2)17-8-13-18-14(20-19-13)10-3-4-11-12(7-10)16-6-5-15-11/h3-7,9,17H,8H2,1-2H3. The van der Waals surface area contributed by atoms with Gasteiger partial charge >= 0.3 is 0 Å². The Balaban J connectivity index is 1.87. The number of hydrogen-bond acceptors (Lipinski definition) is 6. The van der Waals surface area contributed by atoms with Crippen molar-refractivity contribution in [3.63, 3.8) is 0 Å². The Morgan fingerprint density at radius 2 is 1.95 bits per heavy atom. The summed E-state index contributed by atoms with van der Waals surface area (Å²) in [6.45, 7) is 4.74. The van der Waals surface area contributed by atoms with E-state index in [9.17, 15) is 0 Å². The number of benzene rings is 1. The number of nitrogens with zero attached hydrogens (tertiary/aromatic N) is 4. The van der Waals surface area contributed by atoms with Crippen molar-refractivity contribution in [3.05, 3.63) is 36.4 Å². The topological polar surface area (TPSA) is 76.7 Å². The fourth-order valence-corrected chi connectivity index (χ4v) is 1.83. The highest BCUT2D eigenvalue weighted by Crippen LogP contribution is 2.20. The largest absolute Gasteiger partial charge is 0.334 e. The lowest BCUT2D eigenvalue weighted by molar-refractivity contribution is 0.417. The van der Waals surface area contributed by atoms with Gasteiger partial charge in [-0.1, -0.05) is 19.0 Å². The summed E-state index contributed by atoms with van der Waals surface area (Å²) in [6, 6.07) is 6.08. The lowest BCUT2D eigenvalue weighted by atomic mass is 10.2. The summed E-state index contributed by atoms with van der Waals surface area (Å²) in [4.78, 5) is 12.9. The van der Waals surface area contributed by atoms with Crippen LogP contribution in [0.1, 0.15) is 19.7 Å². The zero-order valence-corrected chi connectivity index (χ0v) is 11.4. The molecule has 3 aromatic rings. The molecule has 0 unspecified atom stereocenters. The van der Waals surface area contributed by atoms with Gasteiger partial charge in [0.1, 0.15) is 0 Å². The van der Waals surface area contributed by atoms with Gasteiger partial charge in [-0.05, 0) is 18.2 Å². The van der Waals surface area contributed by atoms with Crippen LogP contribution in [-0.2, 0) is 6.54 Å². The summed E-state index contributed by atoms with van der Waals surface area (Å²) in [5, 5.41) is 7.21. The van der Waals surface area contributed by atoms with Crippen molar-refractivity contribution in [1.29, 1.82) is 0 Å². The molecule has 2 heterocycles. The van der Waals surface area contributed by atoms with E-state index in [1.54, 1.807) is 12.4 Å². The highest BCUT2D eigenvalue weighted by Gasteiger charge is 2.10. The molecule has 20 heavy (non-hydrogen) atoms. The molecule has 0 saturated carbocycles. The number of nitrogens with one attached hydrogen (secondary N) is 1. The monoisotopic (exact) mass is 269 g/mol. The van der Waals surface area contributed by atoms with Gasteiger partial charge in [-0.3, -0.25) is 9.97 Å². The molecule has 0 fully saturated rings. The minimum Gasteiger partial charge on any atom is -0.334 e. The summed E-state index contributed by atoms with van der Waals surface area (Å²) >= 11 is 0. The van der Waals surface area contributed by atoms with Crippen LogP contribution in [-0.4, -0.2) is 26.2 Å². The van der Waals surface area contributed by atoms with E-state index in [4.69, 9.17) is 4.52 Å². The molecule has 1 aromatic carbocycles. The Hall–Kier alpha value is -2.34. The van der Waals surface area contributed by atoms with Gasteiger partial charge < -0.3 is 9.84 Å². The van der Waals surface area contributed by atoms with Crippen LogP contribution in [0.5, 0.6) is 0 Å². The molecule has 2 aromatic heterocycles. The van der Waals surface area contributed by atoms with Crippen molar-refractivity contribution in [2.45, 2.75) is 26.4 Å². The van der Waals surface area contributed by atoms with E-state index in [0.717, 1.165) is 16.6 Å². The maximum absolute atomic E-state index is 5.28. The number of rotatable bonds is 4. The molecule has 102 valence electrons. The molecule has 0 saturated heterocycles. The zero-order chi connectivity index (χ0) is 13.9. The van der Waals surface area contributed by atoms with Crippen LogP contribution in [0.3, 0.4) is 0 Å². The third-order valence-electron chi connectivity index (χ3n) is 2.85. The molecule has 0 atom stereocenters. The number of aromatic nitrogens is 4. The van der Waals surface area contributed by atoms with E-state index in [1.165, 1.54) is 0 Å². The normalized spacial score (nSPS) is 11.3. The van der Waals surface area contributed by atoms with Gasteiger partial charge in [-0.15, -0.1) is 0 Å². The maximum Gasteiger partial charge on any atom is 0.258 e. The molecule has 6 heteroatoms. The van der Waals surface area contributed by atoms with Crippen LogP contribution in [0.15, 0.2) is 35.1 Å².